The van der Waals surface area contributed by atoms with Gasteiger partial charge in [0.15, 0.2) is 0 Å². The zero-order valence-electron chi connectivity index (χ0n) is 7.82. The Morgan fingerprint density at radius 1 is 1.57 bits per heavy atom. The third kappa shape index (κ3) is 1.71. The monoisotopic (exact) mass is 260 g/mol. The third-order valence-electron chi connectivity index (χ3n) is 2.75. The van der Waals surface area contributed by atoms with Crippen LogP contribution in [-0.2, 0) is 10.3 Å². The molecule has 0 spiro atoms. The molecule has 14 heavy (non-hydrogen) atoms. The Morgan fingerprint density at radius 3 is 2.79 bits per heavy atom. The first-order valence-electron chi connectivity index (χ1n) is 4.66. The Balaban J connectivity index is 2.26. The van der Waals surface area contributed by atoms with Crippen molar-refractivity contribution in [1.82, 2.24) is 9.78 Å². The van der Waals surface area contributed by atoms with Crippen LogP contribution in [0.15, 0.2) is 16.9 Å². The number of halogens is 1. The average Bonchev–Trinajstić information content (AvgIpc) is 2.66. The Bertz CT molecular complexity index is 308. The molecule has 2 rings (SSSR count). The zero-order valence-corrected chi connectivity index (χ0v) is 9.40. The van der Waals surface area contributed by atoms with Crippen molar-refractivity contribution in [3.63, 3.8) is 0 Å². The molecular weight excluding hydrogens is 248 g/mol. The molecule has 0 aromatic carbocycles. The van der Waals surface area contributed by atoms with Gasteiger partial charge in [0.2, 0.25) is 0 Å². The predicted octanol–water partition coefficient (Wildman–Crippen LogP) is 1.14. The summed E-state index contributed by atoms with van der Waals surface area (Å²) in [6, 6.07) is 0. The van der Waals surface area contributed by atoms with Gasteiger partial charge in [0.1, 0.15) is 0 Å². The summed E-state index contributed by atoms with van der Waals surface area (Å²) < 4.78 is 8.08. The van der Waals surface area contributed by atoms with Crippen molar-refractivity contribution in [3.05, 3.63) is 16.9 Å². The van der Waals surface area contributed by atoms with Crippen LogP contribution in [0.5, 0.6) is 0 Å². The highest BCUT2D eigenvalue weighted by atomic mass is 79.9. The number of aliphatic hydroxyl groups excluding tert-OH is 1. The van der Waals surface area contributed by atoms with Crippen molar-refractivity contribution >= 4 is 15.9 Å². The van der Waals surface area contributed by atoms with E-state index in [1.165, 1.54) is 0 Å². The van der Waals surface area contributed by atoms with E-state index in [1.807, 2.05) is 10.9 Å². The van der Waals surface area contributed by atoms with E-state index in [4.69, 9.17) is 4.74 Å². The Kier molecular flexibility index (Phi) is 2.90. The summed E-state index contributed by atoms with van der Waals surface area (Å²) in [6.45, 7) is 1.50. The van der Waals surface area contributed by atoms with Crippen LogP contribution < -0.4 is 0 Å². The van der Waals surface area contributed by atoms with Gasteiger partial charge in [0.05, 0.1) is 22.8 Å². The molecule has 2 heterocycles. The fourth-order valence-corrected chi connectivity index (χ4v) is 2.06. The first kappa shape index (κ1) is 10.1. The minimum Gasteiger partial charge on any atom is -0.394 e. The number of hydrogen-bond donors (Lipinski definition) is 1. The molecule has 0 saturated carbocycles. The van der Waals surface area contributed by atoms with Crippen molar-refractivity contribution in [2.45, 2.75) is 18.4 Å². The van der Waals surface area contributed by atoms with E-state index in [0.29, 0.717) is 13.2 Å². The Labute approximate surface area is 91.0 Å². The van der Waals surface area contributed by atoms with Gasteiger partial charge < -0.3 is 9.84 Å². The van der Waals surface area contributed by atoms with Crippen molar-refractivity contribution in [2.75, 3.05) is 19.8 Å². The highest BCUT2D eigenvalue weighted by Crippen LogP contribution is 2.28. The maximum atomic E-state index is 9.47. The van der Waals surface area contributed by atoms with Crippen LogP contribution in [0.4, 0.5) is 0 Å². The van der Waals surface area contributed by atoms with E-state index in [1.54, 1.807) is 6.20 Å². The molecule has 0 atom stereocenters. The summed E-state index contributed by atoms with van der Waals surface area (Å²) in [7, 11) is 0. The van der Waals surface area contributed by atoms with Crippen LogP contribution in [0, 0.1) is 0 Å². The maximum absolute atomic E-state index is 9.47. The number of ether oxygens (including phenoxy) is 1. The minimum absolute atomic E-state index is 0.116. The molecule has 5 heteroatoms. The number of aliphatic hydroxyl groups is 1. The average molecular weight is 261 g/mol. The van der Waals surface area contributed by atoms with E-state index in [2.05, 4.69) is 21.0 Å². The molecule has 1 N–H and O–H groups in total. The van der Waals surface area contributed by atoms with Crippen molar-refractivity contribution in [1.29, 1.82) is 0 Å². The van der Waals surface area contributed by atoms with E-state index < -0.39 is 0 Å². The van der Waals surface area contributed by atoms with E-state index in [9.17, 15) is 5.11 Å². The molecule has 4 nitrogen and oxygen atoms in total. The van der Waals surface area contributed by atoms with Crippen LogP contribution in [0.2, 0.25) is 0 Å². The van der Waals surface area contributed by atoms with Crippen LogP contribution in [0.25, 0.3) is 0 Å². The minimum atomic E-state index is -0.260. The molecule has 78 valence electrons. The molecule has 1 aromatic heterocycles. The van der Waals surface area contributed by atoms with E-state index in [0.717, 1.165) is 17.3 Å². The SMILES string of the molecule is OCC1(n2cc(Br)cn2)CCOCC1. The van der Waals surface area contributed by atoms with Crippen molar-refractivity contribution in [3.8, 4) is 0 Å². The quantitative estimate of drug-likeness (QED) is 0.868. The first-order chi connectivity index (χ1) is 6.77. The summed E-state index contributed by atoms with van der Waals surface area (Å²) in [5, 5.41) is 13.7. The topological polar surface area (TPSA) is 47.3 Å². The molecule has 0 unspecified atom stereocenters. The molecule has 1 aromatic rings. The number of aromatic nitrogens is 2. The van der Waals surface area contributed by atoms with E-state index in [-0.39, 0.29) is 12.1 Å². The van der Waals surface area contributed by atoms with Gasteiger partial charge in [-0.3, -0.25) is 4.68 Å². The smallest absolute Gasteiger partial charge is 0.0901 e. The second kappa shape index (κ2) is 4.00. The Morgan fingerprint density at radius 2 is 2.29 bits per heavy atom. The van der Waals surface area contributed by atoms with Crippen LogP contribution in [0.3, 0.4) is 0 Å². The molecule has 1 aliphatic rings. The summed E-state index contributed by atoms with van der Waals surface area (Å²) in [6.07, 6.45) is 5.28. The maximum Gasteiger partial charge on any atom is 0.0901 e. The first-order valence-corrected chi connectivity index (χ1v) is 5.45. The van der Waals surface area contributed by atoms with Crippen molar-refractivity contribution < 1.29 is 9.84 Å². The lowest BCUT2D eigenvalue weighted by Crippen LogP contribution is -2.43. The predicted molar refractivity (Wildman–Crippen MR) is 55.0 cm³/mol. The second-order valence-electron chi connectivity index (χ2n) is 3.60. The van der Waals surface area contributed by atoms with Crippen molar-refractivity contribution in [2.24, 2.45) is 0 Å². The molecule has 1 fully saturated rings. The zero-order chi connectivity index (χ0) is 10.0. The molecule has 1 saturated heterocycles. The van der Waals surface area contributed by atoms with E-state index >= 15 is 0 Å². The Hall–Kier alpha value is -0.390. The standard InChI is InChI=1S/C9H13BrN2O2/c10-8-5-11-12(6-8)9(7-13)1-3-14-4-2-9/h5-6,13H,1-4,7H2. The summed E-state index contributed by atoms with van der Waals surface area (Å²) in [5.74, 6) is 0. The van der Waals surface area contributed by atoms with Gasteiger partial charge in [-0.25, -0.2) is 0 Å². The lowest BCUT2D eigenvalue weighted by atomic mass is 9.91. The lowest BCUT2D eigenvalue weighted by Gasteiger charge is -2.35. The number of rotatable bonds is 2. The van der Waals surface area contributed by atoms with Crippen LogP contribution in [-0.4, -0.2) is 34.7 Å². The van der Waals surface area contributed by atoms with Gasteiger partial charge >= 0.3 is 0 Å². The van der Waals surface area contributed by atoms with Gasteiger partial charge in [0.25, 0.3) is 0 Å². The largest absolute Gasteiger partial charge is 0.394 e. The van der Waals surface area contributed by atoms with Crippen LogP contribution >= 0.6 is 15.9 Å². The normalized spacial score (nSPS) is 21.0. The second-order valence-corrected chi connectivity index (χ2v) is 4.51. The molecular formula is C9H13BrN2O2. The molecule has 0 bridgehead atoms. The third-order valence-corrected chi connectivity index (χ3v) is 3.16. The van der Waals surface area contributed by atoms with Crippen LogP contribution in [0.1, 0.15) is 12.8 Å². The van der Waals surface area contributed by atoms with Gasteiger partial charge in [-0.2, -0.15) is 5.10 Å². The summed E-state index contributed by atoms with van der Waals surface area (Å²) in [5.41, 5.74) is -0.260. The molecule has 1 aliphatic heterocycles. The van der Waals surface area contributed by atoms with Gasteiger partial charge in [-0.1, -0.05) is 0 Å². The summed E-state index contributed by atoms with van der Waals surface area (Å²) >= 11 is 3.36. The fourth-order valence-electron chi connectivity index (χ4n) is 1.77. The lowest BCUT2D eigenvalue weighted by molar-refractivity contribution is -0.0144. The van der Waals surface area contributed by atoms with Gasteiger partial charge in [-0.05, 0) is 28.8 Å². The molecule has 0 aliphatic carbocycles. The summed E-state index contributed by atoms with van der Waals surface area (Å²) in [4.78, 5) is 0. The highest BCUT2D eigenvalue weighted by molar-refractivity contribution is 9.10. The highest BCUT2D eigenvalue weighted by Gasteiger charge is 2.34. The fraction of sp³-hybridized carbons (Fsp3) is 0.667. The number of hydrogen-bond acceptors (Lipinski definition) is 3. The molecule has 0 radical (unpaired) electrons. The number of nitrogens with zero attached hydrogens (tertiary/aromatic N) is 2. The van der Waals surface area contributed by atoms with Gasteiger partial charge in [0, 0.05) is 19.4 Å². The molecule has 0 amide bonds. The van der Waals surface area contributed by atoms with Gasteiger partial charge in [-0.15, -0.1) is 0 Å².